The van der Waals surface area contributed by atoms with Crippen LogP contribution in [0.4, 0.5) is 5.69 Å². The summed E-state index contributed by atoms with van der Waals surface area (Å²) in [6, 6.07) is 0. The molecule has 82 valence electrons. The molecule has 1 rings (SSSR count). The maximum Gasteiger partial charge on any atom is 0.379 e. The lowest BCUT2D eigenvalue weighted by atomic mass is 10.3. The molecule has 0 aliphatic heterocycles. The van der Waals surface area contributed by atoms with E-state index in [1.807, 2.05) is 0 Å². The van der Waals surface area contributed by atoms with Crippen molar-refractivity contribution >= 4 is 29.2 Å². The van der Waals surface area contributed by atoms with Gasteiger partial charge in [-0.2, -0.15) is 0 Å². The van der Waals surface area contributed by atoms with Gasteiger partial charge in [-0.15, -0.1) is 11.6 Å². The van der Waals surface area contributed by atoms with Gasteiger partial charge in [0.05, 0.1) is 7.11 Å². The summed E-state index contributed by atoms with van der Waals surface area (Å²) in [6.07, 6.45) is 0. The number of esters is 1. The second-order valence-corrected chi connectivity index (χ2v) is 2.91. The third kappa shape index (κ3) is 2.47. The number of carbonyl (C=O) groups is 2. The van der Waals surface area contributed by atoms with Gasteiger partial charge in [-0.05, 0) is 6.92 Å². The molecular formula is C8H9ClN2O4. The van der Waals surface area contributed by atoms with Crippen LogP contribution in [0.2, 0.25) is 0 Å². The Balaban J connectivity index is 2.99. The molecule has 0 radical (unpaired) electrons. The van der Waals surface area contributed by atoms with Crippen LogP contribution in [0.15, 0.2) is 4.52 Å². The Labute approximate surface area is 90.5 Å². The van der Waals surface area contributed by atoms with E-state index >= 15 is 0 Å². The SMILES string of the molecule is COC(=O)c1onc(C)c1NC(=O)CCl. The van der Waals surface area contributed by atoms with Gasteiger partial charge >= 0.3 is 5.97 Å². The van der Waals surface area contributed by atoms with Gasteiger partial charge in [-0.1, -0.05) is 5.16 Å². The van der Waals surface area contributed by atoms with Crippen LogP contribution in [0.3, 0.4) is 0 Å². The van der Waals surface area contributed by atoms with Crippen molar-refractivity contribution in [3.63, 3.8) is 0 Å². The van der Waals surface area contributed by atoms with Crippen molar-refractivity contribution < 1.29 is 18.8 Å². The van der Waals surface area contributed by atoms with E-state index in [4.69, 9.17) is 16.1 Å². The first-order valence-electron chi connectivity index (χ1n) is 4.00. The molecule has 1 N–H and O–H groups in total. The van der Waals surface area contributed by atoms with Crippen molar-refractivity contribution in [2.45, 2.75) is 6.92 Å². The quantitative estimate of drug-likeness (QED) is 0.620. The smallest absolute Gasteiger partial charge is 0.379 e. The van der Waals surface area contributed by atoms with Crippen molar-refractivity contribution in [3.05, 3.63) is 11.5 Å². The van der Waals surface area contributed by atoms with Gasteiger partial charge < -0.3 is 14.6 Å². The van der Waals surface area contributed by atoms with Crippen LogP contribution < -0.4 is 5.32 Å². The largest absolute Gasteiger partial charge is 0.463 e. The molecule has 1 aromatic heterocycles. The minimum absolute atomic E-state index is 0.145. The summed E-state index contributed by atoms with van der Waals surface area (Å²) in [5, 5.41) is 5.94. The molecule has 0 fully saturated rings. The maximum absolute atomic E-state index is 11.2. The number of nitrogens with one attached hydrogen (secondary N) is 1. The molecule has 0 spiro atoms. The molecule has 0 aliphatic carbocycles. The van der Waals surface area contributed by atoms with Gasteiger partial charge in [0.2, 0.25) is 5.91 Å². The topological polar surface area (TPSA) is 81.4 Å². The molecule has 0 atom stereocenters. The van der Waals surface area contributed by atoms with Crippen LogP contribution >= 0.6 is 11.6 Å². The number of anilines is 1. The molecule has 0 aliphatic rings. The molecule has 1 amide bonds. The fraction of sp³-hybridized carbons (Fsp3) is 0.375. The first kappa shape index (κ1) is 11.5. The minimum atomic E-state index is -0.708. The lowest BCUT2D eigenvalue weighted by Crippen LogP contribution is -2.15. The van der Waals surface area contributed by atoms with E-state index in [1.54, 1.807) is 6.92 Å². The molecule has 0 saturated heterocycles. The molecular weight excluding hydrogens is 224 g/mol. The molecule has 0 bridgehead atoms. The number of nitrogens with zero attached hydrogens (tertiary/aromatic N) is 1. The number of alkyl halides is 1. The van der Waals surface area contributed by atoms with E-state index in [0.717, 1.165) is 0 Å². The molecule has 0 aromatic carbocycles. The fourth-order valence-corrected chi connectivity index (χ4v) is 0.989. The van der Waals surface area contributed by atoms with Gasteiger partial charge in [-0.25, -0.2) is 4.79 Å². The summed E-state index contributed by atoms with van der Waals surface area (Å²) in [5.74, 6) is -1.52. The Morgan fingerprint density at radius 2 is 2.27 bits per heavy atom. The number of methoxy groups -OCH3 is 1. The van der Waals surface area contributed by atoms with E-state index in [1.165, 1.54) is 7.11 Å². The highest BCUT2D eigenvalue weighted by atomic mass is 35.5. The van der Waals surface area contributed by atoms with Crippen molar-refractivity contribution in [1.82, 2.24) is 5.16 Å². The summed E-state index contributed by atoms with van der Waals surface area (Å²) in [5.41, 5.74) is 0.571. The van der Waals surface area contributed by atoms with Gasteiger partial charge in [0.1, 0.15) is 17.3 Å². The molecule has 0 unspecified atom stereocenters. The maximum atomic E-state index is 11.2. The molecule has 15 heavy (non-hydrogen) atoms. The number of aromatic nitrogens is 1. The van der Waals surface area contributed by atoms with Crippen molar-refractivity contribution in [3.8, 4) is 0 Å². The number of ether oxygens (including phenoxy) is 1. The molecule has 7 heteroatoms. The van der Waals surface area contributed by atoms with Crippen LogP contribution in [0.25, 0.3) is 0 Å². The Bertz CT molecular complexity index is 388. The summed E-state index contributed by atoms with van der Waals surface area (Å²) in [4.78, 5) is 22.2. The number of rotatable bonds is 3. The van der Waals surface area contributed by atoms with Crippen LogP contribution in [-0.4, -0.2) is 30.0 Å². The van der Waals surface area contributed by atoms with Gasteiger partial charge in [0, 0.05) is 0 Å². The first-order chi connectivity index (χ1) is 7.10. The second kappa shape index (κ2) is 4.79. The lowest BCUT2D eigenvalue weighted by molar-refractivity contribution is -0.113. The monoisotopic (exact) mass is 232 g/mol. The fourth-order valence-electron chi connectivity index (χ4n) is 0.922. The zero-order valence-electron chi connectivity index (χ0n) is 8.17. The highest BCUT2D eigenvalue weighted by Crippen LogP contribution is 2.20. The highest BCUT2D eigenvalue weighted by molar-refractivity contribution is 6.29. The Morgan fingerprint density at radius 1 is 1.60 bits per heavy atom. The normalized spacial score (nSPS) is 9.80. The number of halogens is 1. The van der Waals surface area contributed by atoms with Gasteiger partial charge in [0.25, 0.3) is 5.76 Å². The summed E-state index contributed by atoms with van der Waals surface area (Å²) < 4.78 is 9.16. The third-order valence-electron chi connectivity index (χ3n) is 1.62. The van der Waals surface area contributed by atoms with Crippen LogP contribution in [0.1, 0.15) is 16.2 Å². The van der Waals surface area contributed by atoms with Crippen LogP contribution in [0.5, 0.6) is 0 Å². The average molecular weight is 233 g/mol. The van der Waals surface area contributed by atoms with E-state index < -0.39 is 11.9 Å². The van der Waals surface area contributed by atoms with Gasteiger partial charge in [0.15, 0.2) is 0 Å². The van der Waals surface area contributed by atoms with Crippen LogP contribution in [0, 0.1) is 6.92 Å². The lowest BCUT2D eigenvalue weighted by Gasteiger charge is -2.01. The summed E-state index contributed by atoms with van der Waals surface area (Å²) in [7, 11) is 1.20. The number of hydrogen-bond acceptors (Lipinski definition) is 5. The zero-order chi connectivity index (χ0) is 11.4. The predicted octanol–water partition coefficient (Wildman–Crippen LogP) is 0.947. The van der Waals surface area contributed by atoms with Crippen molar-refractivity contribution in [2.24, 2.45) is 0 Å². The zero-order valence-corrected chi connectivity index (χ0v) is 8.92. The average Bonchev–Trinajstić information content (AvgIpc) is 2.59. The van der Waals surface area contributed by atoms with E-state index in [0.29, 0.717) is 5.69 Å². The molecule has 6 nitrogen and oxygen atoms in total. The molecule has 1 aromatic rings. The summed E-state index contributed by atoms with van der Waals surface area (Å²) in [6.45, 7) is 1.58. The highest BCUT2D eigenvalue weighted by Gasteiger charge is 2.22. The third-order valence-corrected chi connectivity index (χ3v) is 1.86. The van der Waals surface area contributed by atoms with Crippen molar-refractivity contribution in [2.75, 3.05) is 18.3 Å². The van der Waals surface area contributed by atoms with E-state index in [9.17, 15) is 9.59 Å². The number of amides is 1. The van der Waals surface area contributed by atoms with Gasteiger partial charge in [-0.3, -0.25) is 4.79 Å². The number of aryl methyl sites for hydroxylation is 1. The second-order valence-electron chi connectivity index (χ2n) is 2.65. The Morgan fingerprint density at radius 3 is 2.80 bits per heavy atom. The predicted molar refractivity (Wildman–Crippen MR) is 51.9 cm³/mol. The van der Waals surface area contributed by atoms with E-state index in [2.05, 4.69) is 15.2 Å². The molecule has 0 saturated carbocycles. The first-order valence-corrected chi connectivity index (χ1v) is 4.54. The minimum Gasteiger partial charge on any atom is -0.463 e. The van der Waals surface area contributed by atoms with Crippen molar-refractivity contribution in [1.29, 1.82) is 0 Å². The van der Waals surface area contributed by atoms with E-state index in [-0.39, 0.29) is 17.3 Å². The Kier molecular flexibility index (Phi) is 3.68. The standard InChI is InChI=1S/C8H9ClN2O4/c1-4-6(10-5(12)3-9)7(15-11-4)8(13)14-2/h3H2,1-2H3,(H,10,12). The van der Waals surface area contributed by atoms with Crippen LogP contribution in [-0.2, 0) is 9.53 Å². The number of carbonyl (C=O) groups excluding carboxylic acids is 2. The number of hydrogen-bond donors (Lipinski definition) is 1. The Hall–Kier alpha value is -1.56. The summed E-state index contributed by atoms with van der Waals surface area (Å²) >= 11 is 5.31. The molecule has 1 heterocycles.